The largest absolute Gasteiger partial charge is 0.309 e. The number of nitrogens with zero attached hydrogens (tertiary/aromatic N) is 1. The van der Waals surface area contributed by atoms with Gasteiger partial charge in [-0.2, -0.15) is 0 Å². The minimum atomic E-state index is -2.79. The topological polar surface area (TPSA) is 49.4 Å². The van der Waals surface area contributed by atoms with E-state index in [0.29, 0.717) is 5.75 Å². The maximum atomic E-state index is 11.4. The molecule has 1 heterocycles. The lowest BCUT2D eigenvalue weighted by atomic mass is 10.0. The molecule has 0 aromatic rings. The number of nitrogens with one attached hydrogen (secondary N) is 1. The van der Waals surface area contributed by atoms with Crippen LogP contribution in [0.2, 0.25) is 0 Å². The van der Waals surface area contributed by atoms with Gasteiger partial charge in [0.05, 0.1) is 11.5 Å². The summed E-state index contributed by atoms with van der Waals surface area (Å²) in [6.07, 6.45) is 0.744. The van der Waals surface area contributed by atoms with Crippen molar-refractivity contribution in [1.29, 1.82) is 0 Å². The molecule has 1 N–H and O–H groups in total. The SMILES string of the molecule is CCN(CC)CCNC1(C)CCS(=O)(=O)C1. The van der Waals surface area contributed by atoms with Gasteiger partial charge in [-0.3, -0.25) is 0 Å². The molecule has 4 nitrogen and oxygen atoms in total. The molecule has 1 saturated heterocycles. The van der Waals surface area contributed by atoms with Crippen LogP contribution in [-0.4, -0.2) is 56.5 Å². The summed E-state index contributed by atoms with van der Waals surface area (Å²) >= 11 is 0. The molecule has 0 bridgehead atoms. The Labute approximate surface area is 99.3 Å². The van der Waals surface area contributed by atoms with Crippen molar-refractivity contribution >= 4 is 9.84 Å². The fourth-order valence-electron chi connectivity index (χ4n) is 2.21. The number of hydrogen-bond donors (Lipinski definition) is 1. The summed E-state index contributed by atoms with van der Waals surface area (Å²) in [7, 11) is -2.79. The van der Waals surface area contributed by atoms with Gasteiger partial charge in [0.15, 0.2) is 9.84 Å². The first kappa shape index (κ1) is 13.9. The van der Waals surface area contributed by atoms with E-state index in [1.54, 1.807) is 0 Å². The molecule has 5 heteroatoms. The third kappa shape index (κ3) is 4.03. The molecule has 96 valence electrons. The van der Waals surface area contributed by atoms with E-state index >= 15 is 0 Å². The normalized spacial score (nSPS) is 28.8. The van der Waals surface area contributed by atoms with Crippen molar-refractivity contribution in [3.8, 4) is 0 Å². The molecule has 0 spiro atoms. The molecule has 1 fully saturated rings. The highest BCUT2D eigenvalue weighted by Crippen LogP contribution is 2.22. The van der Waals surface area contributed by atoms with E-state index in [1.165, 1.54) is 0 Å². The lowest BCUT2D eigenvalue weighted by Gasteiger charge is -2.26. The van der Waals surface area contributed by atoms with Crippen LogP contribution in [0, 0.1) is 0 Å². The molecule has 1 aliphatic rings. The lowest BCUT2D eigenvalue weighted by Crippen LogP contribution is -2.46. The number of likely N-dealkylation sites (N-methyl/N-ethyl adjacent to an activating group) is 1. The molecule has 0 aromatic heterocycles. The van der Waals surface area contributed by atoms with E-state index in [9.17, 15) is 8.42 Å². The van der Waals surface area contributed by atoms with Crippen LogP contribution in [0.15, 0.2) is 0 Å². The molecule has 1 aliphatic heterocycles. The van der Waals surface area contributed by atoms with Gasteiger partial charge in [-0.15, -0.1) is 0 Å². The van der Waals surface area contributed by atoms with Crippen LogP contribution in [0.3, 0.4) is 0 Å². The second kappa shape index (κ2) is 5.47. The van der Waals surface area contributed by atoms with Crippen LogP contribution in [0.1, 0.15) is 27.2 Å². The van der Waals surface area contributed by atoms with Crippen molar-refractivity contribution in [2.24, 2.45) is 0 Å². The number of hydrogen-bond acceptors (Lipinski definition) is 4. The summed E-state index contributed by atoms with van der Waals surface area (Å²) in [6.45, 7) is 10.3. The van der Waals surface area contributed by atoms with E-state index in [2.05, 4.69) is 24.1 Å². The highest BCUT2D eigenvalue weighted by Gasteiger charge is 2.37. The van der Waals surface area contributed by atoms with Gasteiger partial charge in [-0.1, -0.05) is 13.8 Å². The third-order valence-electron chi connectivity index (χ3n) is 3.38. The summed E-state index contributed by atoms with van der Waals surface area (Å²) in [5, 5.41) is 3.39. The second-order valence-electron chi connectivity index (χ2n) is 4.86. The molecule has 16 heavy (non-hydrogen) atoms. The molecule has 0 aliphatic carbocycles. The smallest absolute Gasteiger partial charge is 0.152 e. The van der Waals surface area contributed by atoms with Crippen molar-refractivity contribution in [2.45, 2.75) is 32.7 Å². The van der Waals surface area contributed by atoms with Crippen LogP contribution < -0.4 is 5.32 Å². The predicted molar refractivity (Wildman–Crippen MR) is 67.5 cm³/mol. The van der Waals surface area contributed by atoms with Crippen LogP contribution in [-0.2, 0) is 9.84 Å². The van der Waals surface area contributed by atoms with Gasteiger partial charge in [0, 0.05) is 18.6 Å². The Morgan fingerprint density at radius 1 is 1.31 bits per heavy atom. The van der Waals surface area contributed by atoms with Gasteiger partial charge in [-0.25, -0.2) is 8.42 Å². The predicted octanol–water partition coefficient (Wildman–Crippen LogP) is 0.495. The Balaban J connectivity index is 2.33. The van der Waals surface area contributed by atoms with Gasteiger partial charge in [-0.05, 0) is 26.4 Å². The minimum absolute atomic E-state index is 0.202. The maximum absolute atomic E-state index is 11.4. The van der Waals surface area contributed by atoms with Crippen LogP contribution >= 0.6 is 0 Å². The van der Waals surface area contributed by atoms with E-state index in [0.717, 1.165) is 32.6 Å². The molecule has 1 atom stereocenters. The molecule has 1 rings (SSSR count). The molecular formula is C11H24N2O2S. The van der Waals surface area contributed by atoms with Gasteiger partial charge in [0.1, 0.15) is 0 Å². The third-order valence-corrected chi connectivity index (χ3v) is 5.28. The van der Waals surface area contributed by atoms with Crippen molar-refractivity contribution in [3.63, 3.8) is 0 Å². The quantitative estimate of drug-likeness (QED) is 0.743. The Morgan fingerprint density at radius 3 is 2.38 bits per heavy atom. The number of rotatable bonds is 6. The van der Waals surface area contributed by atoms with Crippen molar-refractivity contribution < 1.29 is 8.42 Å². The van der Waals surface area contributed by atoms with Gasteiger partial charge >= 0.3 is 0 Å². The zero-order valence-corrected chi connectivity index (χ0v) is 11.4. The van der Waals surface area contributed by atoms with E-state index < -0.39 is 9.84 Å². The Hall–Kier alpha value is -0.130. The van der Waals surface area contributed by atoms with Crippen molar-refractivity contribution in [3.05, 3.63) is 0 Å². The average Bonchev–Trinajstić information content (AvgIpc) is 2.48. The van der Waals surface area contributed by atoms with Crippen LogP contribution in [0.4, 0.5) is 0 Å². The van der Waals surface area contributed by atoms with E-state index in [1.807, 2.05) is 6.92 Å². The molecule has 0 aromatic carbocycles. The molecule has 0 saturated carbocycles. The first-order chi connectivity index (χ1) is 7.41. The van der Waals surface area contributed by atoms with Crippen LogP contribution in [0.5, 0.6) is 0 Å². The monoisotopic (exact) mass is 248 g/mol. The highest BCUT2D eigenvalue weighted by atomic mass is 32.2. The molecule has 0 radical (unpaired) electrons. The molecule has 1 unspecified atom stereocenters. The summed E-state index contributed by atoms with van der Waals surface area (Å²) in [5.74, 6) is 0.625. The first-order valence-corrected chi connectivity index (χ1v) is 7.91. The Bertz CT molecular complexity index is 312. The van der Waals surface area contributed by atoms with Gasteiger partial charge in [0.2, 0.25) is 0 Å². The maximum Gasteiger partial charge on any atom is 0.152 e. The Kier molecular flexibility index (Phi) is 4.76. The zero-order chi connectivity index (χ0) is 12.2. The fourth-order valence-corrected chi connectivity index (χ4v) is 4.33. The standard InChI is InChI=1S/C11H24N2O2S/c1-4-13(5-2)8-7-12-11(3)6-9-16(14,15)10-11/h12H,4-10H2,1-3H3. The van der Waals surface area contributed by atoms with E-state index in [-0.39, 0.29) is 11.3 Å². The van der Waals surface area contributed by atoms with Crippen molar-refractivity contribution in [1.82, 2.24) is 10.2 Å². The summed E-state index contributed by atoms with van der Waals surface area (Å²) in [6, 6.07) is 0. The summed E-state index contributed by atoms with van der Waals surface area (Å²) < 4.78 is 22.8. The Morgan fingerprint density at radius 2 is 1.94 bits per heavy atom. The highest BCUT2D eigenvalue weighted by molar-refractivity contribution is 7.91. The summed E-state index contributed by atoms with van der Waals surface area (Å²) in [5.41, 5.74) is -0.202. The molecule has 0 amide bonds. The van der Waals surface area contributed by atoms with Gasteiger partial charge in [0.25, 0.3) is 0 Å². The average molecular weight is 248 g/mol. The van der Waals surface area contributed by atoms with Gasteiger partial charge < -0.3 is 10.2 Å². The van der Waals surface area contributed by atoms with Crippen molar-refractivity contribution in [2.75, 3.05) is 37.7 Å². The zero-order valence-electron chi connectivity index (χ0n) is 10.6. The van der Waals surface area contributed by atoms with Crippen LogP contribution in [0.25, 0.3) is 0 Å². The second-order valence-corrected chi connectivity index (χ2v) is 7.04. The first-order valence-electron chi connectivity index (χ1n) is 6.08. The lowest BCUT2D eigenvalue weighted by molar-refractivity contribution is 0.282. The molecular weight excluding hydrogens is 224 g/mol. The fraction of sp³-hybridized carbons (Fsp3) is 1.00. The van der Waals surface area contributed by atoms with E-state index in [4.69, 9.17) is 0 Å². The minimum Gasteiger partial charge on any atom is -0.309 e. The number of sulfone groups is 1. The summed E-state index contributed by atoms with van der Waals surface area (Å²) in [4.78, 5) is 2.33.